The van der Waals surface area contributed by atoms with Crippen molar-refractivity contribution >= 4 is 5.97 Å². The Morgan fingerprint density at radius 3 is 2.71 bits per heavy atom. The minimum absolute atomic E-state index is 0.271. The number of aryl methyl sites for hydroxylation is 2. The van der Waals surface area contributed by atoms with Gasteiger partial charge in [-0.05, 0) is 37.6 Å². The minimum Gasteiger partial charge on any atom is -0.494 e. The monoisotopic (exact) mass is 383 g/mol. The largest absolute Gasteiger partial charge is 0.494 e. The highest BCUT2D eigenvalue weighted by atomic mass is 16.5. The lowest BCUT2D eigenvalue weighted by Gasteiger charge is -2.10. The lowest BCUT2D eigenvalue weighted by molar-refractivity contribution is -0.141. The Morgan fingerprint density at radius 1 is 1.21 bits per heavy atom. The zero-order chi connectivity index (χ0) is 19.9. The molecule has 0 saturated heterocycles. The summed E-state index contributed by atoms with van der Waals surface area (Å²) in [6.07, 6.45) is 2.40. The Kier molecular flexibility index (Phi) is 6.41. The topological polar surface area (TPSA) is 84.1 Å². The van der Waals surface area contributed by atoms with Crippen molar-refractivity contribution < 1.29 is 14.3 Å². The van der Waals surface area contributed by atoms with Gasteiger partial charge in [0.15, 0.2) is 5.82 Å². The number of hydrogen-bond acceptors (Lipinski definition) is 6. The molecule has 2 heterocycles. The van der Waals surface area contributed by atoms with Crippen LogP contribution in [0.4, 0.5) is 0 Å². The van der Waals surface area contributed by atoms with Crippen LogP contribution in [0.15, 0.2) is 36.7 Å². The summed E-state index contributed by atoms with van der Waals surface area (Å²) < 4.78 is 14.4. The van der Waals surface area contributed by atoms with Gasteiger partial charge in [0.1, 0.15) is 17.8 Å². The van der Waals surface area contributed by atoms with Gasteiger partial charge >= 0.3 is 5.97 Å². The summed E-state index contributed by atoms with van der Waals surface area (Å²) in [6.45, 7) is 7.61. The Labute approximate surface area is 164 Å². The maximum absolute atomic E-state index is 10.9. The van der Waals surface area contributed by atoms with Crippen molar-refractivity contribution in [3.8, 4) is 17.3 Å². The molecule has 0 spiro atoms. The van der Waals surface area contributed by atoms with Gasteiger partial charge in [-0.1, -0.05) is 12.1 Å². The molecular weight excluding hydrogens is 358 g/mol. The van der Waals surface area contributed by atoms with E-state index in [1.54, 1.807) is 6.33 Å². The highest BCUT2D eigenvalue weighted by molar-refractivity contribution is 5.65. The summed E-state index contributed by atoms with van der Waals surface area (Å²) in [6, 6.07) is 10.00. The summed E-state index contributed by atoms with van der Waals surface area (Å²) in [5.41, 5.74) is 2.92. The fourth-order valence-corrected chi connectivity index (χ4v) is 2.95. The van der Waals surface area contributed by atoms with Crippen LogP contribution in [-0.4, -0.2) is 43.7 Å². The van der Waals surface area contributed by atoms with E-state index in [0.29, 0.717) is 32.7 Å². The van der Waals surface area contributed by atoms with Crippen LogP contribution < -0.4 is 4.74 Å². The second kappa shape index (κ2) is 9.16. The average Bonchev–Trinajstić information content (AvgIpc) is 3.26. The maximum atomic E-state index is 10.9. The molecule has 0 fully saturated rings. The maximum Gasteiger partial charge on any atom is 0.302 e. The first-order valence-corrected chi connectivity index (χ1v) is 9.34. The van der Waals surface area contributed by atoms with Crippen molar-refractivity contribution in [2.45, 2.75) is 40.3 Å². The average molecular weight is 383 g/mol. The normalized spacial score (nSPS) is 10.8. The van der Waals surface area contributed by atoms with E-state index in [1.165, 1.54) is 6.92 Å². The van der Waals surface area contributed by atoms with E-state index in [-0.39, 0.29) is 5.97 Å². The third-order valence-electron chi connectivity index (χ3n) is 4.15. The van der Waals surface area contributed by atoms with Crippen LogP contribution in [0.1, 0.15) is 31.5 Å². The fourth-order valence-electron chi connectivity index (χ4n) is 2.95. The van der Waals surface area contributed by atoms with Gasteiger partial charge in [0, 0.05) is 19.9 Å². The summed E-state index contributed by atoms with van der Waals surface area (Å²) in [5.74, 6) is 1.34. The van der Waals surface area contributed by atoms with Crippen LogP contribution in [-0.2, 0) is 22.6 Å². The van der Waals surface area contributed by atoms with Gasteiger partial charge in [-0.3, -0.25) is 9.48 Å². The molecule has 0 radical (unpaired) electrons. The Morgan fingerprint density at radius 2 is 2.00 bits per heavy atom. The number of benzene rings is 1. The predicted molar refractivity (Wildman–Crippen MR) is 104 cm³/mol. The van der Waals surface area contributed by atoms with Crippen molar-refractivity contribution in [2.75, 3.05) is 13.2 Å². The molecule has 0 bridgehead atoms. The Hall–Kier alpha value is -3.16. The summed E-state index contributed by atoms with van der Waals surface area (Å²) >= 11 is 0. The Bertz CT molecular complexity index is 914. The SMILES string of the molecule is CCOc1ccc(Cn2cnnc2-c2cc(C)nn2CCCOC(C)=O)cc1. The molecule has 3 aromatic rings. The molecule has 0 aliphatic carbocycles. The smallest absolute Gasteiger partial charge is 0.302 e. The van der Waals surface area contributed by atoms with E-state index < -0.39 is 0 Å². The van der Waals surface area contributed by atoms with Gasteiger partial charge in [0.25, 0.3) is 0 Å². The first-order valence-electron chi connectivity index (χ1n) is 9.34. The summed E-state index contributed by atoms with van der Waals surface area (Å²) in [5, 5.41) is 12.9. The molecule has 0 N–H and O–H groups in total. The molecule has 8 heteroatoms. The van der Waals surface area contributed by atoms with E-state index in [0.717, 1.165) is 28.5 Å². The van der Waals surface area contributed by atoms with Gasteiger partial charge in [0.05, 0.1) is 25.5 Å². The molecule has 28 heavy (non-hydrogen) atoms. The molecule has 0 aliphatic rings. The van der Waals surface area contributed by atoms with E-state index >= 15 is 0 Å². The van der Waals surface area contributed by atoms with Crippen LogP contribution in [0.2, 0.25) is 0 Å². The second-order valence-corrected chi connectivity index (χ2v) is 6.45. The predicted octanol–water partition coefficient (Wildman–Crippen LogP) is 2.85. The Balaban J connectivity index is 1.75. The number of nitrogens with zero attached hydrogens (tertiary/aromatic N) is 5. The number of carbonyl (C=O) groups excluding carboxylic acids is 1. The van der Waals surface area contributed by atoms with Crippen LogP contribution in [0.3, 0.4) is 0 Å². The number of esters is 1. The molecule has 0 aliphatic heterocycles. The molecule has 8 nitrogen and oxygen atoms in total. The van der Waals surface area contributed by atoms with Crippen molar-refractivity contribution in [1.29, 1.82) is 0 Å². The molecular formula is C20H25N5O3. The number of aromatic nitrogens is 5. The zero-order valence-electron chi connectivity index (χ0n) is 16.5. The second-order valence-electron chi connectivity index (χ2n) is 6.45. The summed E-state index contributed by atoms with van der Waals surface area (Å²) in [7, 11) is 0. The van der Waals surface area contributed by atoms with Gasteiger partial charge < -0.3 is 14.0 Å². The molecule has 0 unspecified atom stereocenters. The highest BCUT2D eigenvalue weighted by Crippen LogP contribution is 2.20. The fraction of sp³-hybridized carbons (Fsp3) is 0.400. The van der Waals surface area contributed by atoms with Gasteiger partial charge in [0.2, 0.25) is 0 Å². The van der Waals surface area contributed by atoms with Gasteiger partial charge in [-0.15, -0.1) is 10.2 Å². The highest BCUT2D eigenvalue weighted by Gasteiger charge is 2.15. The van der Waals surface area contributed by atoms with Crippen LogP contribution in [0.25, 0.3) is 11.5 Å². The zero-order valence-corrected chi connectivity index (χ0v) is 16.5. The molecule has 2 aromatic heterocycles. The van der Waals surface area contributed by atoms with E-state index in [9.17, 15) is 4.79 Å². The number of carbonyl (C=O) groups is 1. The first kappa shape index (κ1) is 19.6. The first-order chi connectivity index (χ1) is 13.6. The van der Waals surface area contributed by atoms with Crippen molar-refractivity contribution in [2.24, 2.45) is 0 Å². The molecule has 0 amide bonds. The van der Waals surface area contributed by atoms with Crippen molar-refractivity contribution in [1.82, 2.24) is 24.5 Å². The molecule has 0 saturated carbocycles. The number of rotatable bonds is 9. The quantitative estimate of drug-likeness (QED) is 0.417. The van der Waals surface area contributed by atoms with Crippen LogP contribution >= 0.6 is 0 Å². The van der Waals surface area contributed by atoms with Crippen molar-refractivity contribution in [3.63, 3.8) is 0 Å². The third kappa shape index (κ3) is 4.97. The van der Waals surface area contributed by atoms with E-state index in [1.807, 2.05) is 53.4 Å². The summed E-state index contributed by atoms with van der Waals surface area (Å²) in [4.78, 5) is 10.9. The molecule has 0 atom stereocenters. The standard InChI is InChI=1S/C20H25N5O3/c1-4-27-18-8-6-17(7-9-18)13-24-14-21-22-20(24)19-12-15(2)23-25(19)10-5-11-28-16(3)26/h6-9,12,14H,4-5,10-11,13H2,1-3H3. The molecule has 3 rings (SSSR count). The van der Waals surface area contributed by atoms with E-state index in [2.05, 4.69) is 15.3 Å². The third-order valence-corrected chi connectivity index (χ3v) is 4.15. The van der Waals surface area contributed by atoms with Crippen LogP contribution in [0.5, 0.6) is 5.75 Å². The van der Waals surface area contributed by atoms with Crippen LogP contribution in [0, 0.1) is 6.92 Å². The van der Waals surface area contributed by atoms with Crippen molar-refractivity contribution in [3.05, 3.63) is 47.9 Å². The number of ether oxygens (including phenoxy) is 2. The minimum atomic E-state index is -0.271. The lowest BCUT2D eigenvalue weighted by Crippen LogP contribution is -2.10. The van der Waals surface area contributed by atoms with Gasteiger partial charge in [-0.2, -0.15) is 5.10 Å². The van der Waals surface area contributed by atoms with Gasteiger partial charge in [-0.25, -0.2) is 0 Å². The number of hydrogen-bond donors (Lipinski definition) is 0. The molecule has 148 valence electrons. The van der Waals surface area contributed by atoms with E-state index in [4.69, 9.17) is 9.47 Å². The molecule has 1 aromatic carbocycles. The lowest BCUT2D eigenvalue weighted by atomic mass is 10.2.